The number of unbranched alkanes of at least 4 members (excludes halogenated alkanes) is 1. The standard InChI is InChI=1S/C22H23N3O3/c1-3-4-12-28-22(27)19-10-5-6-11-20(19)24-15-17(14-23)21(26)25-18-9-7-8-16(2)13-18/h5-11,13,15,24H,3-4,12H2,1-2H3,(H,25,26)/b17-15-. The monoisotopic (exact) mass is 377 g/mol. The Hall–Kier alpha value is -3.59. The van der Waals surface area contributed by atoms with Crippen LogP contribution >= 0.6 is 0 Å². The van der Waals surface area contributed by atoms with Gasteiger partial charge in [-0.15, -0.1) is 0 Å². The van der Waals surface area contributed by atoms with E-state index in [9.17, 15) is 14.9 Å². The summed E-state index contributed by atoms with van der Waals surface area (Å²) < 4.78 is 5.24. The molecular formula is C22H23N3O3. The Labute approximate surface area is 164 Å². The maximum atomic E-state index is 12.3. The zero-order valence-corrected chi connectivity index (χ0v) is 16.0. The summed E-state index contributed by atoms with van der Waals surface area (Å²) in [4.78, 5) is 24.6. The lowest BCUT2D eigenvalue weighted by molar-refractivity contribution is -0.112. The highest BCUT2D eigenvalue weighted by atomic mass is 16.5. The Morgan fingerprint density at radius 2 is 1.96 bits per heavy atom. The first-order valence-corrected chi connectivity index (χ1v) is 9.06. The second-order valence-electron chi connectivity index (χ2n) is 6.17. The van der Waals surface area contributed by atoms with Gasteiger partial charge in [0.15, 0.2) is 0 Å². The maximum Gasteiger partial charge on any atom is 0.340 e. The fourth-order valence-electron chi connectivity index (χ4n) is 2.39. The van der Waals surface area contributed by atoms with Gasteiger partial charge in [0.2, 0.25) is 0 Å². The van der Waals surface area contributed by atoms with Crippen molar-refractivity contribution in [1.82, 2.24) is 0 Å². The fourth-order valence-corrected chi connectivity index (χ4v) is 2.39. The Morgan fingerprint density at radius 3 is 2.68 bits per heavy atom. The van der Waals surface area contributed by atoms with Crippen molar-refractivity contribution in [3.8, 4) is 6.07 Å². The van der Waals surface area contributed by atoms with E-state index in [4.69, 9.17) is 4.74 Å². The van der Waals surface area contributed by atoms with E-state index >= 15 is 0 Å². The maximum absolute atomic E-state index is 12.3. The number of carbonyl (C=O) groups excluding carboxylic acids is 2. The number of amides is 1. The van der Waals surface area contributed by atoms with E-state index in [0.717, 1.165) is 18.4 Å². The summed E-state index contributed by atoms with van der Waals surface area (Å²) in [6.07, 6.45) is 3.00. The molecule has 0 unspecified atom stereocenters. The van der Waals surface area contributed by atoms with Crippen LogP contribution in [0.5, 0.6) is 0 Å². The zero-order chi connectivity index (χ0) is 20.4. The average molecular weight is 377 g/mol. The topological polar surface area (TPSA) is 91.2 Å². The summed E-state index contributed by atoms with van der Waals surface area (Å²) in [7, 11) is 0. The van der Waals surface area contributed by atoms with Crippen LogP contribution in [0.15, 0.2) is 60.3 Å². The highest BCUT2D eigenvalue weighted by molar-refractivity contribution is 6.07. The van der Waals surface area contributed by atoms with Gasteiger partial charge in [-0.25, -0.2) is 4.79 Å². The molecule has 144 valence electrons. The molecule has 2 N–H and O–H groups in total. The van der Waals surface area contributed by atoms with Crippen LogP contribution in [0.4, 0.5) is 11.4 Å². The van der Waals surface area contributed by atoms with Gasteiger partial charge in [0.25, 0.3) is 5.91 Å². The van der Waals surface area contributed by atoms with E-state index in [1.165, 1.54) is 6.20 Å². The van der Waals surface area contributed by atoms with Gasteiger partial charge in [0, 0.05) is 11.9 Å². The number of rotatable bonds is 8. The first-order chi connectivity index (χ1) is 13.5. The van der Waals surface area contributed by atoms with Gasteiger partial charge in [0.1, 0.15) is 11.6 Å². The van der Waals surface area contributed by atoms with Crippen molar-refractivity contribution in [2.24, 2.45) is 0 Å². The molecule has 0 fully saturated rings. The number of nitrogens with one attached hydrogen (secondary N) is 2. The van der Waals surface area contributed by atoms with Gasteiger partial charge in [-0.2, -0.15) is 5.26 Å². The lowest BCUT2D eigenvalue weighted by Crippen LogP contribution is -2.15. The molecule has 0 radical (unpaired) electrons. The first kappa shape index (κ1) is 20.7. The SMILES string of the molecule is CCCCOC(=O)c1ccccc1N/C=C(/C#N)C(=O)Nc1cccc(C)c1. The lowest BCUT2D eigenvalue weighted by atomic mass is 10.1. The second kappa shape index (κ2) is 10.5. The largest absolute Gasteiger partial charge is 0.462 e. The lowest BCUT2D eigenvalue weighted by Gasteiger charge is -2.10. The third-order valence-electron chi connectivity index (χ3n) is 3.89. The van der Waals surface area contributed by atoms with Crippen molar-refractivity contribution in [3.05, 3.63) is 71.4 Å². The molecule has 0 heterocycles. The van der Waals surface area contributed by atoms with Gasteiger partial charge in [-0.05, 0) is 43.2 Å². The number of anilines is 2. The van der Waals surface area contributed by atoms with Crippen LogP contribution in [0, 0.1) is 18.3 Å². The summed E-state index contributed by atoms with van der Waals surface area (Å²) >= 11 is 0. The van der Waals surface area contributed by atoms with Crippen LogP contribution < -0.4 is 10.6 Å². The van der Waals surface area contributed by atoms with Crippen LogP contribution in [0.2, 0.25) is 0 Å². The number of esters is 1. The predicted molar refractivity (Wildman–Crippen MR) is 109 cm³/mol. The van der Waals surface area contributed by atoms with Gasteiger partial charge in [-0.3, -0.25) is 4.79 Å². The molecule has 0 aliphatic carbocycles. The Bertz CT molecular complexity index is 913. The highest BCUT2D eigenvalue weighted by Crippen LogP contribution is 2.17. The Kier molecular flexibility index (Phi) is 7.79. The van der Waals surface area contributed by atoms with E-state index < -0.39 is 11.9 Å². The molecule has 6 nitrogen and oxygen atoms in total. The smallest absolute Gasteiger partial charge is 0.340 e. The summed E-state index contributed by atoms with van der Waals surface area (Å²) in [5.74, 6) is -0.990. The number of benzene rings is 2. The number of carbonyl (C=O) groups is 2. The minimum atomic E-state index is -0.538. The van der Waals surface area contributed by atoms with Gasteiger partial charge in [0.05, 0.1) is 17.9 Å². The van der Waals surface area contributed by atoms with E-state index in [1.807, 2.05) is 38.1 Å². The highest BCUT2D eigenvalue weighted by Gasteiger charge is 2.13. The molecule has 28 heavy (non-hydrogen) atoms. The van der Waals surface area contributed by atoms with E-state index in [0.29, 0.717) is 23.5 Å². The number of hydrogen-bond donors (Lipinski definition) is 2. The van der Waals surface area contributed by atoms with Crippen molar-refractivity contribution in [3.63, 3.8) is 0 Å². The molecule has 0 saturated carbocycles. The summed E-state index contributed by atoms with van der Waals surface area (Å²) in [5, 5.41) is 14.9. The van der Waals surface area contributed by atoms with Gasteiger partial charge >= 0.3 is 5.97 Å². The molecular weight excluding hydrogens is 354 g/mol. The van der Waals surface area contributed by atoms with Crippen LogP contribution in [0.3, 0.4) is 0 Å². The fraction of sp³-hybridized carbons (Fsp3) is 0.227. The van der Waals surface area contributed by atoms with Crippen LogP contribution in [0.25, 0.3) is 0 Å². The van der Waals surface area contributed by atoms with Crippen molar-refractivity contribution in [2.75, 3.05) is 17.2 Å². The Morgan fingerprint density at radius 1 is 1.18 bits per heavy atom. The van der Waals surface area contributed by atoms with Gasteiger partial charge in [-0.1, -0.05) is 37.6 Å². The second-order valence-corrected chi connectivity index (χ2v) is 6.17. The molecule has 2 aromatic rings. The number of ether oxygens (including phenoxy) is 1. The van der Waals surface area contributed by atoms with Crippen LogP contribution in [-0.4, -0.2) is 18.5 Å². The third-order valence-corrected chi connectivity index (χ3v) is 3.89. The predicted octanol–water partition coefficient (Wildman–Crippen LogP) is 4.41. The van der Waals surface area contributed by atoms with E-state index in [-0.39, 0.29) is 5.57 Å². The van der Waals surface area contributed by atoms with Crippen LogP contribution in [0.1, 0.15) is 35.7 Å². The number of para-hydroxylation sites is 1. The molecule has 2 aromatic carbocycles. The summed E-state index contributed by atoms with van der Waals surface area (Å²) in [6, 6.07) is 15.9. The molecule has 0 aromatic heterocycles. The minimum Gasteiger partial charge on any atom is -0.462 e. The van der Waals surface area contributed by atoms with E-state index in [1.54, 1.807) is 30.3 Å². The molecule has 0 bridgehead atoms. The van der Waals surface area contributed by atoms with Crippen molar-refractivity contribution < 1.29 is 14.3 Å². The first-order valence-electron chi connectivity index (χ1n) is 9.06. The molecule has 0 aliphatic rings. The number of nitriles is 1. The molecule has 1 amide bonds. The minimum absolute atomic E-state index is 0.115. The van der Waals surface area contributed by atoms with E-state index in [2.05, 4.69) is 10.6 Å². The number of aryl methyl sites for hydroxylation is 1. The summed E-state index contributed by atoms with van der Waals surface area (Å²) in [6.45, 7) is 4.27. The molecule has 0 atom stereocenters. The van der Waals surface area contributed by atoms with Crippen molar-refractivity contribution >= 4 is 23.3 Å². The quantitative estimate of drug-likeness (QED) is 0.308. The average Bonchev–Trinajstić information content (AvgIpc) is 2.69. The number of nitrogens with zero attached hydrogens (tertiary/aromatic N) is 1. The molecule has 0 saturated heterocycles. The van der Waals surface area contributed by atoms with Crippen molar-refractivity contribution in [1.29, 1.82) is 5.26 Å². The van der Waals surface area contributed by atoms with Crippen LogP contribution in [-0.2, 0) is 9.53 Å². The Balaban J connectivity index is 2.11. The summed E-state index contributed by atoms with van der Waals surface area (Å²) in [5.41, 5.74) is 2.28. The third kappa shape index (κ3) is 5.99. The molecule has 2 rings (SSSR count). The van der Waals surface area contributed by atoms with Gasteiger partial charge < -0.3 is 15.4 Å². The molecule has 0 spiro atoms. The normalized spacial score (nSPS) is 10.7. The number of hydrogen-bond acceptors (Lipinski definition) is 5. The molecule has 0 aliphatic heterocycles. The zero-order valence-electron chi connectivity index (χ0n) is 16.0. The van der Waals surface area contributed by atoms with Crippen molar-refractivity contribution in [2.45, 2.75) is 26.7 Å². The molecule has 6 heteroatoms.